The summed E-state index contributed by atoms with van der Waals surface area (Å²) in [6, 6.07) is 0. The Kier molecular flexibility index (Phi) is 0.932. The molecule has 0 spiro atoms. The first-order valence-corrected chi connectivity index (χ1v) is 2.23. The molecule has 4 heteroatoms. The highest BCUT2D eigenvalue weighted by Gasteiger charge is 2.12. The third-order valence-electron chi connectivity index (χ3n) is 1.04. The zero-order valence-electron chi connectivity index (χ0n) is 4.75. The van der Waals surface area contributed by atoms with E-state index in [9.17, 15) is 0 Å². The third-order valence-corrected chi connectivity index (χ3v) is 1.04. The van der Waals surface area contributed by atoms with Gasteiger partial charge in [0.25, 0.3) is 5.69 Å². The molecule has 0 amide bonds. The van der Waals surface area contributed by atoms with Gasteiger partial charge in [-0.05, 0) is 4.68 Å². The van der Waals surface area contributed by atoms with Crippen LogP contribution in [0.1, 0.15) is 5.69 Å². The van der Waals surface area contributed by atoms with E-state index >= 15 is 0 Å². The first kappa shape index (κ1) is 5.08. The van der Waals surface area contributed by atoms with Crippen LogP contribution in [0.5, 0.6) is 5.95 Å². The van der Waals surface area contributed by atoms with Gasteiger partial charge in [-0.25, -0.2) is 0 Å². The lowest BCUT2D eigenvalue weighted by Gasteiger charge is -1.71. The molecule has 8 heavy (non-hydrogen) atoms. The Bertz CT molecular complexity index is 174. The van der Waals surface area contributed by atoms with Crippen molar-refractivity contribution in [3.8, 4) is 5.95 Å². The zero-order chi connectivity index (χ0) is 6.15. The normalized spacial score (nSPS) is 9.75. The number of rotatable bonds is 0. The van der Waals surface area contributed by atoms with Crippen LogP contribution in [-0.4, -0.2) is 10.4 Å². The van der Waals surface area contributed by atoms with Crippen molar-refractivity contribution >= 4 is 0 Å². The SMILES string of the molecule is Cc1c(O)on[n+]1C. The molecule has 0 saturated heterocycles. The fourth-order valence-corrected chi connectivity index (χ4v) is 0.366. The summed E-state index contributed by atoms with van der Waals surface area (Å²) in [6.45, 7) is 1.71. The van der Waals surface area contributed by atoms with Crippen molar-refractivity contribution < 1.29 is 14.3 Å². The molecule has 1 aromatic heterocycles. The van der Waals surface area contributed by atoms with Crippen LogP contribution in [0.2, 0.25) is 0 Å². The van der Waals surface area contributed by atoms with Crippen molar-refractivity contribution in [2.24, 2.45) is 7.05 Å². The first-order chi connectivity index (χ1) is 3.72. The monoisotopic (exact) mass is 115 g/mol. The number of hydrogen-bond donors (Lipinski definition) is 1. The van der Waals surface area contributed by atoms with E-state index in [2.05, 4.69) is 9.79 Å². The Morgan fingerprint density at radius 3 is 2.50 bits per heavy atom. The Hall–Kier alpha value is -1.06. The molecule has 0 radical (unpaired) electrons. The van der Waals surface area contributed by atoms with Gasteiger partial charge in [-0.15, -0.1) is 0 Å². The van der Waals surface area contributed by atoms with Crippen molar-refractivity contribution in [2.45, 2.75) is 6.92 Å². The van der Waals surface area contributed by atoms with E-state index in [4.69, 9.17) is 5.11 Å². The molecule has 44 valence electrons. The third kappa shape index (κ3) is 0.538. The summed E-state index contributed by atoms with van der Waals surface area (Å²) in [6.07, 6.45) is 0. The Morgan fingerprint density at radius 1 is 1.75 bits per heavy atom. The number of hydrogen-bond acceptors (Lipinski definition) is 3. The molecule has 1 heterocycles. The minimum Gasteiger partial charge on any atom is -0.475 e. The minimum atomic E-state index is -0.118. The molecule has 1 N–H and O–H groups in total. The van der Waals surface area contributed by atoms with E-state index in [1.165, 1.54) is 4.68 Å². The van der Waals surface area contributed by atoms with E-state index in [0.717, 1.165) is 0 Å². The second kappa shape index (κ2) is 1.47. The molecule has 0 bridgehead atoms. The highest BCUT2D eigenvalue weighted by Crippen LogP contribution is 2.06. The molecule has 4 nitrogen and oxygen atoms in total. The molecule has 0 fully saturated rings. The maximum atomic E-state index is 8.69. The summed E-state index contributed by atoms with van der Waals surface area (Å²) in [7, 11) is 1.69. The van der Waals surface area contributed by atoms with E-state index < -0.39 is 0 Å². The van der Waals surface area contributed by atoms with Crippen LogP contribution >= 0.6 is 0 Å². The molecule has 0 aliphatic carbocycles. The van der Waals surface area contributed by atoms with Gasteiger partial charge in [-0.1, -0.05) is 0 Å². The summed E-state index contributed by atoms with van der Waals surface area (Å²) in [4.78, 5) is 0. The minimum absolute atomic E-state index is 0.118. The lowest BCUT2D eigenvalue weighted by atomic mass is 10.5. The quantitative estimate of drug-likeness (QED) is 0.464. The van der Waals surface area contributed by atoms with Crippen molar-refractivity contribution in [3.63, 3.8) is 0 Å². The van der Waals surface area contributed by atoms with E-state index in [-0.39, 0.29) is 5.95 Å². The topological polar surface area (TPSA) is 50.1 Å². The summed E-state index contributed by atoms with van der Waals surface area (Å²) < 4.78 is 5.82. The largest absolute Gasteiger partial charge is 0.475 e. The number of aromatic hydroxyl groups is 1. The maximum Gasteiger partial charge on any atom is 0.383 e. The zero-order valence-corrected chi connectivity index (χ0v) is 4.75. The average molecular weight is 115 g/mol. The number of aryl methyl sites for hydroxylation is 1. The summed E-state index contributed by atoms with van der Waals surface area (Å²) >= 11 is 0. The van der Waals surface area contributed by atoms with E-state index in [1.54, 1.807) is 14.0 Å². The van der Waals surface area contributed by atoms with Gasteiger partial charge in [0.1, 0.15) is 0 Å². The van der Waals surface area contributed by atoms with Gasteiger partial charge in [0.15, 0.2) is 7.05 Å². The highest BCUT2D eigenvalue weighted by atomic mass is 16.6. The van der Waals surface area contributed by atoms with Crippen LogP contribution in [0.25, 0.3) is 0 Å². The molecule has 0 atom stereocenters. The van der Waals surface area contributed by atoms with Gasteiger partial charge in [0, 0.05) is 6.92 Å². The molecule has 0 unspecified atom stereocenters. The van der Waals surface area contributed by atoms with Gasteiger partial charge in [0.05, 0.1) is 0 Å². The lowest BCUT2D eigenvalue weighted by Crippen LogP contribution is -2.32. The first-order valence-electron chi connectivity index (χ1n) is 2.23. The molecule has 1 rings (SSSR count). The van der Waals surface area contributed by atoms with Gasteiger partial charge < -0.3 is 5.11 Å². The van der Waals surface area contributed by atoms with Crippen molar-refractivity contribution in [1.29, 1.82) is 0 Å². The summed E-state index contributed by atoms with van der Waals surface area (Å²) in [5, 5.41) is 12.1. The maximum absolute atomic E-state index is 8.69. The van der Waals surface area contributed by atoms with Crippen LogP contribution in [0.15, 0.2) is 4.52 Å². The Morgan fingerprint density at radius 2 is 2.38 bits per heavy atom. The van der Waals surface area contributed by atoms with Crippen LogP contribution in [0.3, 0.4) is 0 Å². The summed E-state index contributed by atoms with van der Waals surface area (Å²) in [5.41, 5.74) is 0.630. The molecule has 0 aliphatic rings. The second-order valence-electron chi connectivity index (χ2n) is 1.59. The Balaban J connectivity index is 3.19. The van der Waals surface area contributed by atoms with Crippen LogP contribution < -0.4 is 4.68 Å². The highest BCUT2D eigenvalue weighted by molar-refractivity contribution is 5.00. The van der Waals surface area contributed by atoms with Gasteiger partial charge in [0.2, 0.25) is 5.27 Å². The Labute approximate surface area is 46.3 Å². The molecule has 0 saturated carbocycles. The molecular weight excluding hydrogens is 108 g/mol. The van der Waals surface area contributed by atoms with Crippen molar-refractivity contribution in [3.05, 3.63) is 5.69 Å². The van der Waals surface area contributed by atoms with Gasteiger partial charge >= 0.3 is 5.95 Å². The van der Waals surface area contributed by atoms with Crippen molar-refractivity contribution in [1.82, 2.24) is 5.27 Å². The van der Waals surface area contributed by atoms with Crippen LogP contribution in [0, 0.1) is 6.92 Å². The van der Waals surface area contributed by atoms with E-state index in [0.29, 0.717) is 5.69 Å². The number of aromatic nitrogens is 2. The predicted octanol–water partition coefficient (Wildman–Crippen LogP) is -0.487. The molecule has 0 aromatic carbocycles. The standard InChI is InChI=1S/C4H6N2O2/c1-3-4(7)8-5-6(3)2/h1-2H3/p+1. The molecule has 1 aromatic rings. The molecular formula is C4H7N2O2+. The van der Waals surface area contributed by atoms with E-state index in [1.807, 2.05) is 0 Å². The van der Waals surface area contributed by atoms with Crippen LogP contribution in [0.4, 0.5) is 0 Å². The average Bonchev–Trinajstić information content (AvgIpc) is 1.98. The lowest BCUT2D eigenvalue weighted by molar-refractivity contribution is -0.744. The second-order valence-corrected chi connectivity index (χ2v) is 1.59. The fourth-order valence-electron chi connectivity index (χ4n) is 0.366. The van der Waals surface area contributed by atoms with Gasteiger partial charge in [-0.3, -0.25) is 4.52 Å². The fraction of sp³-hybridized carbons (Fsp3) is 0.500. The smallest absolute Gasteiger partial charge is 0.383 e. The molecule has 0 aliphatic heterocycles. The van der Waals surface area contributed by atoms with Gasteiger partial charge in [-0.2, -0.15) is 0 Å². The summed E-state index contributed by atoms with van der Waals surface area (Å²) in [5.74, 6) is -0.118. The predicted molar refractivity (Wildman–Crippen MR) is 24.1 cm³/mol. The van der Waals surface area contributed by atoms with Crippen molar-refractivity contribution in [2.75, 3.05) is 0 Å². The number of nitrogens with zero attached hydrogens (tertiary/aromatic N) is 2. The van der Waals surface area contributed by atoms with Crippen LogP contribution in [-0.2, 0) is 7.05 Å².